The SMILES string of the molecule is COc1cc(-n2c(C)nc3ccccc3c2=O)ccc1NC(=O)c1cccc(C)c1. The van der Waals surface area contributed by atoms with Crippen LogP contribution in [0.1, 0.15) is 21.7 Å². The zero-order valence-corrected chi connectivity index (χ0v) is 17.0. The molecule has 30 heavy (non-hydrogen) atoms. The van der Waals surface area contributed by atoms with E-state index in [9.17, 15) is 9.59 Å². The highest BCUT2D eigenvalue weighted by molar-refractivity contribution is 6.05. The Kier molecular flexibility index (Phi) is 5.06. The standard InChI is InChI=1S/C24H21N3O3/c1-15-7-6-8-17(13-15)23(28)26-21-12-11-18(14-22(21)30-3)27-16(2)25-20-10-5-4-9-19(20)24(27)29/h4-14H,1-3H3,(H,26,28). The van der Waals surface area contributed by atoms with Crippen LogP contribution in [0.5, 0.6) is 5.75 Å². The van der Waals surface area contributed by atoms with Gasteiger partial charge in [-0.25, -0.2) is 4.98 Å². The summed E-state index contributed by atoms with van der Waals surface area (Å²) < 4.78 is 7.02. The quantitative estimate of drug-likeness (QED) is 0.556. The number of fused-ring (bicyclic) bond motifs is 1. The van der Waals surface area contributed by atoms with Crippen LogP contribution in [0, 0.1) is 13.8 Å². The minimum atomic E-state index is -0.231. The Bertz CT molecular complexity index is 1330. The molecular weight excluding hydrogens is 378 g/mol. The van der Waals surface area contributed by atoms with Gasteiger partial charge in [0.25, 0.3) is 11.5 Å². The molecule has 4 aromatic rings. The maximum absolute atomic E-state index is 13.0. The second kappa shape index (κ2) is 7.83. The lowest BCUT2D eigenvalue weighted by atomic mass is 10.1. The zero-order valence-electron chi connectivity index (χ0n) is 17.0. The molecular formula is C24H21N3O3. The van der Waals surface area contributed by atoms with Crippen molar-refractivity contribution in [3.05, 3.63) is 94.0 Å². The molecule has 0 radical (unpaired) electrons. The Balaban J connectivity index is 1.74. The molecule has 6 heteroatoms. The summed E-state index contributed by atoms with van der Waals surface area (Å²) in [6.45, 7) is 3.72. The number of hydrogen-bond donors (Lipinski definition) is 1. The third-order valence-corrected chi connectivity index (χ3v) is 4.92. The van der Waals surface area contributed by atoms with Crippen molar-refractivity contribution in [1.82, 2.24) is 9.55 Å². The smallest absolute Gasteiger partial charge is 0.265 e. The van der Waals surface area contributed by atoms with Gasteiger partial charge in [0, 0.05) is 11.6 Å². The molecule has 0 fully saturated rings. The zero-order chi connectivity index (χ0) is 21.3. The number of anilines is 1. The molecule has 3 aromatic carbocycles. The number of aryl methyl sites for hydroxylation is 2. The van der Waals surface area contributed by atoms with Gasteiger partial charge in [0.15, 0.2) is 0 Å². The summed E-state index contributed by atoms with van der Waals surface area (Å²) in [7, 11) is 1.52. The fourth-order valence-electron chi connectivity index (χ4n) is 3.45. The van der Waals surface area contributed by atoms with Crippen LogP contribution in [0.25, 0.3) is 16.6 Å². The van der Waals surface area contributed by atoms with Crippen LogP contribution in [0.3, 0.4) is 0 Å². The van der Waals surface area contributed by atoms with E-state index in [0.717, 1.165) is 5.56 Å². The molecule has 0 atom stereocenters. The summed E-state index contributed by atoms with van der Waals surface area (Å²) in [4.78, 5) is 30.2. The molecule has 6 nitrogen and oxygen atoms in total. The van der Waals surface area contributed by atoms with Gasteiger partial charge >= 0.3 is 0 Å². The van der Waals surface area contributed by atoms with Crippen LogP contribution in [0.4, 0.5) is 5.69 Å². The van der Waals surface area contributed by atoms with E-state index >= 15 is 0 Å². The molecule has 0 saturated carbocycles. The maximum Gasteiger partial charge on any atom is 0.265 e. The van der Waals surface area contributed by atoms with E-state index in [4.69, 9.17) is 4.74 Å². The molecule has 4 rings (SSSR count). The number of methoxy groups -OCH3 is 1. The van der Waals surface area contributed by atoms with Gasteiger partial charge in [-0.15, -0.1) is 0 Å². The van der Waals surface area contributed by atoms with E-state index in [-0.39, 0.29) is 11.5 Å². The van der Waals surface area contributed by atoms with Crippen molar-refractivity contribution in [3.63, 3.8) is 0 Å². The highest BCUT2D eigenvalue weighted by Gasteiger charge is 2.14. The van der Waals surface area contributed by atoms with Gasteiger partial charge < -0.3 is 10.1 Å². The number of benzene rings is 3. The van der Waals surface area contributed by atoms with Gasteiger partial charge in [-0.3, -0.25) is 14.2 Å². The Morgan fingerprint density at radius 1 is 1.00 bits per heavy atom. The Morgan fingerprint density at radius 3 is 2.57 bits per heavy atom. The number of aromatic nitrogens is 2. The number of hydrogen-bond acceptors (Lipinski definition) is 4. The van der Waals surface area contributed by atoms with E-state index in [1.165, 1.54) is 11.7 Å². The number of para-hydroxylation sites is 1. The molecule has 1 heterocycles. The maximum atomic E-state index is 13.0. The predicted octanol–water partition coefficient (Wildman–Crippen LogP) is 4.26. The van der Waals surface area contributed by atoms with Crippen molar-refractivity contribution in [1.29, 1.82) is 0 Å². The van der Waals surface area contributed by atoms with Crippen LogP contribution < -0.4 is 15.6 Å². The fourth-order valence-corrected chi connectivity index (χ4v) is 3.45. The van der Waals surface area contributed by atoms with Gasteiger partial charge in [0.1, 0.15) is 11.6 Å². The third kappa shape index (κ3) is 3.55. The number of nitrogens with zero attached hydrogens (tertiary/aromatic N) is 2. The lowest BCUT2D eigenvalue weighted by molar-refractivity contribution is 0.102. The molecule has 150 valence electrons. The van der Waals surface area contributed by atoms with Crippen LogP contribution >= 0.6 is 0 Å². The van der Waals surface area contributed by atoms with Crippen molar-refractivity contribution < 1.29 is 9.53 Å². The highest BCUT2D eigenvalue weighted by atomic mass is 16.5. The summed E-state index contributed by atoms with van der Waals surface area (Å²) in [5.41, 5.74) is 3.20. The first-order chi connectivity index (χ1) is 14.5. The average molecular weight is 399 g/mol. The van der Waals surface area contributed by atoms with Gasteiger partial charge in [-0.05, 0) is 50.2 Å². The van der Waals surface area contributed by atoms with E-state index in [1.807, 2.05) is 43.3 Å². The number of carbonyl (C=O) groups excluding carboxylic acids is 1. The van der Waals surface area contributed by atoms with Crippen molar-refractivity contribution in [3.8, 4) is 11.4 Å². The normalized spacial score (nSPS) is 10.8. The monoisotopic (exact) mass is 399 g/mol. The van der Waals surface area contributed by atoms with Gasteiger partial charge in [0.2, 0.25) is 0 Å². The van der Waals surface area contributed by atoms with Gasteiger partial charge in [-0.1, -0.05) is 29.8 Å². The molecule has 0 aliphatic carbocycles. The third-order valence-electron chi connectivity index (χ3n) is 4.92. The van der Waals surface area contributed by atoms with Crippen molar-refractivity contribution in [2.24, 2.45) is 0 Å². The Hall–Kier alpha value is -3.93. The molecule has 0 bridgehead atoms. The summed E-state index contributed by atoms with van der Waals surface area (Å²) in [5.74, 6) is 0.788. The Morgan fingerprint density at radius 2 is 1.80 bits per heavy atom. The van der Waals surface area contributed by atoms with Crippen molar-refractivity contribution in [2.45, 2.75) is 13.8 Å². The van der Waals surface area contributed by atoms with Gasteiger partial charge in [0.05, 0.1) is 29.4 Å². The molecule has 1 N–H and O–H groups in total. The molecule has 1 amide bonds. The number of ether oxygens (including phenoxy) is 1. The molecule has 0 aliphatic heterocycles. The molecule has 0 unspecified atom stereocenters. The summed E-state index contributed by atoms with van der Waals surface area (Å²) in [5, 5.41) is 3.42. The molecule has 0 aliphatic rings. The number of nitrogens with one attached hydrogen (secondary N) is 1. The topological polar surface area (TPSA) is 73.2 Å². The van der Waals surface area contributed by atoms with E-state index in [2.05, 4.69) is 10.3 Å². The molecule has 0 spiro atoms. The fraction of sp³-hybridized carbons (Fsp3) is 0.125. The summed E-state index contributed by atoms with van der Waals surface area (Å²) in [6, 6.07) is 19.8. The van der Waals surface area contributed by atoms with Crippen LogP contribution in [-0.4, -0.2) is 22.6 Å². The van der Waals surface area contributed by atoms with E-state index in [1.54, 1.807) is 37.3 Å². The number of rotatable bonds is 4. The van der Waals surface area contributed by atoms with Crippen LogP contribution in [-0.2, 0) is 0 Å². The van der Waals surface area contributed by atoms with Crippen LogP contribution in [0.15, 0.2) is 71.5 Å². The summed E-state index contributed by atoms with van der Waals surface area (Å²) in [6.07, 6.45) is 0. The second-order valence-corrected chi connectivity index (χ2v) is 7.02. The highest BCUT2D eigenvalue weighted by Crippen LogP contribution is 2.28. The number of carbonyl (C=O) groups is 1. The first-order valence-corrected chi connectivity index (χ1v) is 9.53. The lowest BCUT2D eigenvalue weighted by Crippen LogP contribution is -2.22. The lowest BCUT2D eigenvalue weighted by Gasteiger charge is -2.15. The first-order valence-electron chi connectivity index (χ1n) is 9.53. The van der Waals surface area contributed by atoms with E-state index in [0.29, 0.717) is 39.4 Å². The Labute approximate surface area is 173 Å². The predicted molar refractivity (Wildman–Crippen MR) is 118 cm³/mol. The van der Waals surface area contributed by atoms with Crippen LogP contribution in [0.2, 0.25) is 0 Å². The molecule has 0 saturated heterocycles. The minimum Gasteiger partial charge on any atom is -0.494 e. The van der Waals surface area contributed by atoms with Crippen molar-refractivity contribution in [2.75, 3.05) is 12.4 Å². The average Bonchev–Trinajstić information content (AvgIpc) is 2.74. The second-order valence-electron chi connectivity index (χ2n) is 7.02. The largest absolute Gasteiger partial charge is 0.494 e. The molecule has 1 aromatic heterocycles. The van der Waals surface area contributed by atoms with Gasteiger partial charge in [-0.2, -0.15) is 0 Å². The minimum absolute atomic E-state index is 0.156. The first kappa shape index (κ1) is 19.4. The number of amides is 1. The summed E-state index contributed by atoms with van der Waals surface area (Å²) >= 11 is 0. The van der Waals surface area contributed by atoms with Crippen molar-refractivity contribution >= 4 is 22.5 Å². The van der Waals surface area contributed by atoms with E-state index < -0.39 is 0 Å².